The van der Waals surface area contributed by atoms with E-state index < -0.39 is 24.6 Å². The second-order valence-electron chi connectivity index (χ2n) is 8.83. The van der Waals surface area contributed by atoms with Gasteiger partial charge in [0.25, 0.3) is 5.91 Å². The van der Waals surface area contributed by atoms with E-state index >= 15 is 0 Å². The number of benzene rings is 1. The van der Waals surface area contributed by atoms with E-state index in [4.69, 9.17) is 16.3 Å². The summed E-state index contributed by atoms with van der Waals surface area (Å²) in [4.78, 5) is 30.6. The fourth-order valence-electron chi connectivity index (χ4n) is 4.06. The molecule has 4 rings (SSSR count). The molecular weight excluding hydrogens is 513 g/mol. The number of hydrogen-bond acceptors (Lipinski definition) is 8. The zero-order chi connectivity index (χ0) is 26.7. The number of anilines is 2. The molecule has 1 aliphatic rings. The number of amides is 1. The maximum absolute atomic E-state index is 12.4. The Morgan fingerprint density at radius 2 is 1.89 bits per heavy atom. The summed E-state index contributed by atoms with van der Waals surface area (Å²) in [5, 5.41) is 2.49. The Balaban J connectivity index is 1.38. The van der Waals surface area contributed by atoms with Crippen LogP contribution in [-0.2, 0) is 4.79 Å². The first-order chi connectivity index (χ1) is 17.5. The number of hydrogen-bond donors (Lipinski definition) is 1. The number of fused-ring (bicyclic) bond motifs is 1. The molecule has 198 valence electrons. The lowest BCUT2D eigenvalue weighted by Crippen LogP contribution is -2.42. The molecule has 0 spiro atoms. The first-order valence-corrected chi connectivity index (χ1v) is 11.9. The third-order valence-corrected chi connectivity index (χ3v) is 6.24. The normalized spacial score (nSPS) is 14.8. The van der Waals surface area contributed by atoms with Gasteiger partial charge in [-0.15, -0.1) is 13.2 Å². The number of halogens is 4. The van der Waals surface area contributed by atoms with E-state index in [1.165, 1.54) is 6.07 Å². The van der Waals surface area contributed by atoms with Gasteiger partial charge in [-0.2, -0.15) is 0 Å². The zero-order valence-corrected chi connectivity index (χ0v) is 21.2. The molecule has 1 aromatic carbocycles. The summed E-state index contributed by atoms with van der Waals surface area (Å²) in [5.41, 5.74) is 1.92. The van der Waals surface area contributed by atoms with Gasteiger partial charge >= 0.3 is 6.36 Å². The zero-order valence-electron chi connectivity index (χ0n) is 20.5. The number of nitrogens with zero attached hydrogens (tertiary/aromatic N) is 5. The second kappa shape index (κ2) is 10.9. The number of nitrogens with one attached hydrogen (secondary N) is 1. The topological polar surface area (TPSA) is 92.7 Å². The fraction of sp³-hybridized carbons (Fsp3) is 0.417. The number of aromatic nitrogens is 3. The van der Waals surface area contributed by atoms with Crippen LogP contribution in [0.3, 0.4) is 0 Å². The van der Waals surface area contributed by atoms with Crippen LogP contribution in [0.2, 0.25) is 5.02 Å². The van der Waals surface area contributed by atoms with Gasteiger partial charge in [0.05, 0.1) is 16.2 Å². The van der Waals surface area contributed by atoms with E-state index in [0.717, 1.165) is 38.1 Å². The van der Waals surface area contributed by atoms with Crippen molar-refractivity contribution < 1.29 is 27.4 Å². The molecule has 1 aliphatic heterocycles. The van der Waals surface area contributed by atoms with Crippen LogP contribution < -0.4 is 19.7 Å². The van der Waals surface area contributed by atoms with Gasteiger partial charge in [0, 0.05) is 25.2 Å². The Bertz CT molecular complexity index is 1280. The van der Waals surface area contributed by atoms with Crippen LogP contribution in [0.1, 0.15) is 18.5 Å². The van der Waals surface area contributed by atoms with E-state index in [9.17, 15) is 18.0 Å². The molecule has 1 N–H and O–H groups in total. The number of carbonyl (C=O) groups is 1. The Hall–Kier alpha value is -3.38. The van der Waals surface area contributed by atoms with Crippen LogP contribution in [0.25, 0.3) is 11.0 Å². The lowest BCUT2D eigenvalue weighted by molar-refractivity contribution is -0.274. The molecule has 13 heteroatoms. The number of carbonyl (C=O) groups excluding carboxylic acids is 1. The minimum absolute atomic E-state index is 0.0317. The molecular formula is C24H26ClF3N6O3. The molecule has 2 aromatic heterocycles. The number of ether oxygens (including phenoxy) is 2. The summed E-state index contributed by atoms with van der Waals surface area (Å²) >= 11 is 5.94. The molecule has 0 aliphatic carbocycles. The molecule has 0 atom stereocenters. The lowest BCUT2D eigenvalue weighted by Gasteiger charge is -2.35. The molecule has 1 amide bonds. The minimum Gasteiger partial charge on any atom is -0.482 e. The summed E-state index contributed by atoms with van der Waals surface area (Å²) in [5.74, 6) is -0.0414. The van der Waals surface area contributed by atoms with Crippen molar-refractivity contribution >= 4 is 40.3 Å². The van der Waals surface area contributed by atoms with E-state index in [1.807, 2.05) is 6.92 Å². The highest BCUT2D eigenvalue weighted by atomic mass is 35.5. The average Bonchev–Trinajstić information content (AvgIpc) is 2.83. The standard InChI is InChI=1S/C24H26ClF3N6O3/c1-14-22-18(30-23(29-14)34-10-8-15(9-11-34)33(2)3)5-7-20(32-22)31-21(35)13-36-19-6-4-16(12-17(19)25)37-24(26,27)28/h4-7,12,15H,8-11,13H2,1-3H3,(H,31,32,35). The second-order valence-corrected chi connectivity index (χ2v) is 9.24. The Labute approximate surface area is 216 Å². The predicted octanol–water partition coefficient (Wildman–Crippen LogP) is 4.43. The van der Waals surface area contributed by atoms with Gasteiger partial charge in [-0.25, -0.2) is 15.0 Å². The highest BCUT2D eigenvalue weighted by molar-refractivity contribution is 6.32. The van der Waals surface area contributed by atoms with Crippen LogP contribution in [0, 0.1) is 6.92 Å². The van der Waals surface area contributed by atoms with Crippen LogP contribution in [0.4, 0.5) is 24.9 Å². The number of rotatable bonds is 7. The van der Waals surface area contributed by atoms with Gasteiger partial charge < -0.3 is 24.6 Å². The summed E-state index contributed by atoms with van der Waals surface area (Å²) in [6, 6.07) is 7.12. The Kier molecular flexibility index (Phi) is 7.88. The molecule has 0 radical (unpaired) electrons. The summed E-state index contributed by atoms with van der Waals surface area (Å²) < 4.78 is 46.1. The smallest absolute Gasteiger partial charge is 0.482 e. The summed E-state index contributed by atoms with van der Waals surface area (Å²) in [6.07, 6.45) is -2.77. The van der Waals surface area contributed by atoms with Crippen LogP contribution in [0.15, 0.2) is 30.3 Å². The van der Waals surface area contributed by atoms with Gasteiger partial charge in [0.2, 0.25) is 5.95 Å². The van der Waals surface area contributed by atoms with Crippen LogP contribution in [-0.4, -0.2) is 72.0 Å². The van der Waals surface area contributed by atoms with Gasteiger partial charge in [-0.05, 0) is 58.1 Å². The van der Waals surface area contributed by atoms with Crippen molar-refractivity contribution in [2.75, 3.05) is 44.0 Å². The van der Waals surface area contributed by atoms with Crippen molar-refractivity contribution in [3.8, 4) is 11.5 Å². The lowest BCUT2D eigenvalue weighted by atomic mass is 10.0. The molecule has 1 fully saturated rings. The van der Waals surface area contributed by atoms with Crippen molar-refractivity contribution in [1.29, 1.82) is 0 Å². The Morgan fingerprint density at radius 3 is 2.54 bits per heavy atom. The number of pyridine rings is 1. The highest BCUT2D eigenvalue weighted by Crippen LogP contribution is 2.31. The molecule has 1 saturated heterocycles. The number of alkyl halides is 3. The van der Waals surface area contributed by atoms with E-state index in [1.54, 1.807) is 12.1 Å². The van der Waals surface area contributed by atoms with Crippen LogP contribution in [0.5, 0.6) is 11.5 Å². The van der Waals surface area contributed by atoms with Crippen LogP contribution >= 0.6 is 11.6 Å². The van der Waals surface area contributed by atoms with Gasteiger partial charge in [0.15, 0.2) is 6.61 Å². The quantitative estimate of drug-likeness (QED) is 0.472. The minimum atomic E-state index is -4.84. The largest absolute Gasteiger partial charge is 0.573 e. The molecule has 3 heterocycles. The third kappa shape index (κ3) is 6.89. The van der Waals surface area contributed by atoms with Gasteiger partial charge in [-0.1, -0.05) is 11.6 Å². The Morgan fingerprint density at radius 1 is 1.16 bits per heavy atom. The fourth-order valence-corrected chi connectivity index (χ4v) is 4.28. The van der Waals surface area contributed by atoms with Gasteiger partial charge in [-0.3, -0.25) is 4.79 Å². The maximum Gasteiger partial charge on any atom is 0.573 e. The molecule has 37 heavy (non-hydrogen) atoms. The first-order valence-electron chi connectivity index (χ1n) is 11.5. The molecule has 9 nitrogen and oxygen atoms in total. The van der Waals surface area contributed by atoms with Gasteiger partial charge in [0.1, 0.15) is 22.8 Å². The summed E-state index contributed by atoms with van der Waals surface area (Å²) in [6.45, 7) is 3.15. The van der Waals surface area contributed by atoms with Crippen molar-refractivity contribution in [2.45, 2.75) is 32.2 Å². The van der Waals surface area contributed by atoms with E-state index in [-0.39, 0.29) is 16.6 Å². The summed E-state index contributed by atoms with van der Waals surface area (Å²) in [7, 11) is 4.18. The van der Waals surface area contributed by atoms with Crippen molar-refractivity contribution in [3.05, 3.63) is 41.0 Å². The van der Waals surface area contributed by atoms with Crippen molar-refractivity contribution in [2.24, 2.45) is 0 Å². The maximum atomic E-state index is 12.4. The number of aryl methyl sites for hydroxylation is 1. The van der Waals surface area contributed by atoms with Crippen molar-refractivity contribution in [1.82, 2.24) is 19.9 Å². The molecule has 0 bridgehead atoms. The van der Waals surface area contributed by atoms with E-state index in [0.29, 0.717) is 28.7 Å². The number of piperidine rings is 1. The first kappa shape index (κ1) is 26.7. The predicted molar refractivity (Wildman–Crippen MR) is 133 cm³/mol. The third-order valence-electron chi connectivity index (χ3n) is 5.95. The monoisotopic (exact) mass is 538 g/mol. The highest BCUT2D eigenvalue weighted by Gasteiger charge is 2.31. The molecule has 0 unspecified atom stereocenters. The average molecular weight is 539 g/mol. The SMILES string of the molecule is Cc1nc(N2CCC(N(C)C)CC2)nc2ccc(NC(=O)COc3ccc(OC(F)(F)F)cc3Cl)nc12. The molecule has 0 saturated carbocycles. The van der Waals surface area contributed by atoms with E-state index in [2.05, 4.69) is 48.9 Å². The van der Waals surface area contributed by atoms with Crippen molar-refractivity contribution in [3.63, 3.8) is 0 Å². The molecule has 3 aromatic rings.